The number of anilines is 1. The van der Waals surface area contributed by atoms with Crippen molar-refractivity contribution in [1.29, 1.82) is 0 Å². The number of carbonyl (C=O) groups excluding carboxylic acids is 1. The van der Waals surface area contributed by atoms with Crippen LogP contribution in [0.5, 0.6) is 0 Å². The normalized spacial score (nSPS) is 12.8. The standard InChI is InChI=1S/C20H15ClN2O/c1-23-8-6-14(7-9-23)13-2-4-15(5-3-13)17-10-16-11-20(24)22-19(16)12-18(17)21/h2-10,12H,11H2,1H3/p+1. The fraction of sp³-hybridized carbons (Fsp3) is 0.100. The number of hydrogen-bond donors (Lipinski definition) is 1. The molecule has 1 aromatic heterocycles. The zero-order chi connectivity index (χ0) is 16.7. The van der Waals surface area contributed by atoms with Gasteiger partial charge in [-0.1, -0.05) is 35.9 Å². The van der Waals surface area contributed by atoms with E-state index in [1.54, 1.807) is 0 Å². The van der Waals surface area contributed by atoms with Crippen LogP contribution >= 0.6 is 11.6 Å². The lowest BCUT2D eigenvalue weighted by Crippen LogP contribution is -2.25. The van der Waals surface area contributed by atoms with E-state index in [1.807, 2.05) is 36.1 Å². The van der Waals surface area contributed by atoms with Crippen LogP contribution in [0.4, 0.5) is 5.69 Å². The maximum absolute atomic E-state index is 11.5. The van der Waals surface area contributed by atoms with Crippen molar-refractivity contribution in [2.45, 2.75) is 6.42 Å². The first-order chi connectivity index (χ1) is 11.6. The second kappa shape index (κ2) is 5.77. The largest absolute Gasteiger partial charge is 0.325 e. The molecule has 3 nitrogen and oxygen atoms in total. The molecule has 0 saturated heterocycles. The van der Waals surface area contributed by atoms with Gasteiger partial charge in [0.1, 0.15) is 7.05 Å². The van der Waals surface area contributed by atoms with Crippen LogP contribution in [0.3, 0.4) is 0 Å². The lowest BCUT2D eigenvalue weighted by Gasteiger charge is -2.09. The Labute approximate surface area is 145 Å². The zero-order valence-corrected chi connectivity index (χ0v) is 14.0. The zero-order valence-electron chi connectivity index (χ0n) is 13.2. The molecule has 1 aliphatic heterocycles. The third kappa shape index (κ3) is 2.68. The van der Waals surface area contributed by atoms with Gasteiger partial charge in [-0.25, -0.2) is 4.57 Å². The van der Waals surface area contributed by atoms with Crippen LogP contribution in [0.25, 0.3) is 22.3 Å². The Kier molecular flexibility index (Phi) is 3.58. The highest BCUT2D eigenvalue weighted by Gasteiger charge is 2.20. The van der Waals surface area contributed by atoms with Crippen molar-refractivity contribution in [3.8, 4) is 22.3 Å². The molecule has 2 aromatic carbocycles. The molecule has 3 aromatic rings. The molecule has 4 heteroatoms. The summed E-state index contributed by atoms with van der Waals surface area (Å²) >= 11 is 6.41. The maximum atomic E-state index is 11.5. The predicted octanol–water partition coefficient (Wildman–Crippen LogP) is 3.99. The van der Waals surface area contributed by atoms with Crippen LogP contribution in [0.1, 0.15) is 5.56 Å². The maximum Gasteiger partial charge on any atom is 0.228 e. The summed E-state index contributed by atoms with van der Waals surface area (Å²) in [5, 5.41) is 3.48. The van der Waals surface area contributed by atoms with Crippen molar-refractivity contribution in [3.63, 3.8) is 0 Å². The van der Waals surface area contributed by atoms with E-state index in [2.05, 4.69) is 41.7 Å². The van der Waals surface area contributed by atoms with Gasteiger partial charge < -0.3 is 5.32 Å². The SMILES string of the molecule is C[n+]1ccc(-c2ccc(-c3cc4c(cc3Cl)NC(=O)C4)cc2)cc1. The molecule has 4 rings (SSSR count). The van der Waals surface area contributed by atoms with E-state index in [9.17, 15) is 4.79 Å². The number of benzene rings is 2. The Morgan fingerprint density at radius 2 is 1.58 bits per heavy atom. The number of amides is 1. The molecule has 0 spiro atoms. The number of nitrogens with zero attached hydrogens (tertiary/aromatic N) is 1. The molecular formula is C20H16ClN2O+. The number of hydrogen-bond acceptors (Lipinski definition) is 1. The first-order valence-corrected chi connectivity index (χ1v) is 8.16. The summed E-state index contributed by atoms with van der Waals surface area (Å²) in [4.78, 5) is 11.5. The molecule has 0 bridgehead atoms. The van der Waals surface area contributed by atoms with Gasteiger partial charge in [0.05, 0.1) is 11.4 Å². The first-order valence-electron chi connectivity index (χ1n) is 7.78. The number of carbonyl (C=O) groups is 1. The van der Waals surface area contributed by atoms with Gasteiger partial charge in [-0.2, -0.15) is 0 Å². The second-order valence-corrected chi connectivity index (χ2v) is 6.45. The van der Waals surface area contributed by atoms with Crippen LogP contribution in [0.15, 0.2) is 60.9 Å². The smallest absolute Gasteiger partial charge is 0.228 e. The fourth-order valence-corrected chi connectivity index (χ4v) is 3.28. The van der Waals surface area contributed by atoms with Crippen LogP contribution in [-0.2, 0) is 18.3 Å². The lowest BCUT2D eigenvalue weighted by molar-refractivity contribution is -0.671. The van der Waals surface area contributed by atoms with Crippen molar-refractivity contribution in [3.05, 3.63) is 71.5 Å². The van der Waals surface area contributed by atoms with Gasteiger partial charge in [0, 0.05) is 23.4 Å². The highest BCUT2D eigenvalue weighted by Crippen LogP contribution is 2.36. The molecule has 0 atom stereocenters. The van der Waals surface area contributed by atoms with Gasteiger partial charge in [0.2, 0.25) is 5.91 Å². The van der Waals surface area contributed by atoms with Gasteiger partial charge >= 0.3 is 0 Å². The minimum Gasteiger partial charge on any atom is -0.325 e. The number of aryl methyl sites for hydroxylation is 1. The molecule has 118 valence electrons. The molecule has 0 fully saturated rings. The molecule has 2 heterocycles. The Balaban J connectivity index is 1.70. The summed E-state index contributed by atoms with van der Waals surface area (Å²) in [5.74, 6) is 0.0193. The Bertz CT molecular complexity index is 931. The van der Waals surface area contributed by atoms with Crippen LogP contribution in [0, 0.1) is 0 Å². The van der Waals surface area contributed by atoms with E-state index >= 15 is 0 Å². The van der Waals surface area contributed by atoms with Gasteiger partial charge in [-0.05, 0) is 34.4 Å². The molecular weight excluding hydrogens is 320 g/mol. The highest BCUT2D eigenvalue weighted by molar-refractivity contribution is 6.34. The Morgan fingerprint density at radius 1 is 0.958 bits per heavy atom. The molecule has 1 N–H and O–H groups in total. The molecule has 1 aliphatic rings. The fourth-order valence-electron chi connectivity index (χ4n) is 3.00. The van der Waals surface area contributed by atoms with Gasteiger partial charge in [-0.3, -0.25) is 4.79 Å². The highest BCUT2D eigenvalue weighted by atomic mass is 35.5. The number of pyridine rings is 1. The molecule has 0 aliphatic carbocycles. The topological polar surface area (TPSA) is 33.0 Å². The summed E-state index contributed by atoms with van der Waals surface area (Å²) in [6.45, 7) is 0. The van der Waals surface area contributed by atoms with E-state index in [-0.39, 0.29) is 5.91 Å². The summed E-state index contributed by atoms with van der Waals surface area (Å²) < 4.78 is 2.01. The lowest BCUT2D eigenvalue weighted by atomic mass is 9.98. The quantitative estimate of drug-likeness (QED) is 0.706. The van der Waals surface area contributed by atoms with Crippen LogP contribution < -0.4 is 9.88 Å². The summed E-state index contributed by atoms with van der Waals surface area (Å²) in [7, 11) is 2.00. The van der Waals surface area contributed by atoms with Gasteiger partial charge in [-0.15, -0.1) is 0 Å². The van der Waals surface area contributed by atoms with E-state index in [1.165, 1.54) is 5.56 Å². The van der Waals surface area contributed by atoms with E-state index in [0.717, 1.165) is 27.9 Å². The van der Waals surface area contributed by atoms with Gasteiger partial charge in [0.15, 0.2) is 12.4 Å². The summed E-state index contributed by atoms with van der Waals surface area (Å²) in [6.07, 6.45) is 4.48. The van der Waals surface area contributed by atoms with Crippen molar-refractivity contribution in [2.75, 3.05) is 5.32 Å². The summed E-state index contributed by atoms with van der Waals surface area (Å²) in [6, 6.07) is 16.4. The minimum absolute atomic E-state index is 0.0193. The minimum atomic E-state index is 0.0193. The molecule has 0 radical (unpaired) electrons. The monoisotopic (exact) mass is 335 g/mol. The van der Waals surface area contributed by atoms with Crippen LogP contribution in [0.2, 0.25) is 5.02 Å². The number of halogens is 1. The van der Waals surface area contributed by atoms with E-state index in [4.69, 9.17) is 11.6 Å². The summed E-state index contributed by atoms with van der Waals surface area (Å²) in [5.41, 5.74) is 6.16. The average molecular weight is 336 g/mol. The molecule has 24 heavy (non-hydrogen) atoms. The first kappa shape index (κ1) is 14.9. The number of nitrogens with one attached hydrogen (secondary N) is 1. The number of aromatic nitrogens is 1. The Morgan fingerprint density at radius 3 is 2.29 bits per heavy atom. The van der Waals surface area contributed by atoms with E-state index in [0.29, 0.717) is 11.4 Å². The number of rotatable bonds is 2. The average Bonchev–Trinajstić information content (AvgIpc) is 2.94. The second-order valence-electron chi connectivity index (χ2n) is 6.04. The molecule has 0 saturated carbocycles. The van der Waals surface area contributed by atoms with Crippen molar-refractivity contribution in [1.82, 2.24) is 0 Å². The predicted molar refractivity (Wildman–Crippen MR) is 95.8 cm³/mol. The van der Waals surface area contributed by atoms with Crippen LogP contribution in [-0.4, -0.2) is 5.91 Å². The van der Waals surface area contributed by atoms with E-state index < -0.39 is 0 Å². The van der Waals surface area contributed by atoms with Gasteiger partial charge in [0.25, 0.3) is 0 Å². The number of fused-ring (bicyclic) bond motifs is 1. The Hall–Kier alpha value is -2.65. The van der Waals surface area contributed by atoms with Crippen molar-refractivity contribution in [2.24, 2.45) is 7.05 Å². The molecule has 0 unspecified atom stereocenters. The third-order valence-electron chi connectivity index (χ3n) is 4.33. The third-order valence-corrected chi connectivity index (χ3v) is 4.64. The molecule has 1 amide bonds. The van der Waals surface area contributed by atoms with Crippen molar-refractivity contribution >= 4 is 23.2 Å². The van der Waals surface area contributed by atoms with Crippen molar-refractivity contribution < 1.29 is 9.36 Å².